The SMILES string of the molecule is COCC(=O)NCCCn1c(-c2ccc(O)cc2)csc1=NC(=O)c1ccc(C)nc1. The zero-order valence-corrected chi connectivity index (χ0v) is 18.2. The summed E-state index contributed by atoms with van der Waals surface area (Å²) in [5.74, 6) is -0.365. The molecule has 0 unspecified atom stereocenters. The van der Waals surface area contributed by atoms with Crippen LogP contribution in [0.5, 0.6) is 5.75 Å². The molecule has 162 valence electrons. The average Bonchev–Trinajstić information content (AvgIpc) is 3.14. The van der Waals surface area contributed by atoms with Crippen molar-refractivity contribution in [2.45, 2.75) is 19.9 Å². The van der Waals surface area contributed by atoms with Crippen LogP contribution in [0.25, 0.3) is 11.3 Å². The number of amides is 2. The lowest BCUT2D eigenvalue weighted by Gasteiger charge is -2.10. The van der Waals surface area contributed by atoms with Crippen molar-refractivity contribution in [3.63, 3.8) is 0 Å². The highest BCUT2D eigenvalue weighted by Gasteiger charge is 2.11. The Hall–Kier alpha value is -3.30. The number of aryl methyl sites for hydroxylation is 1. The number of nitrogens with one attached hydrogen (secondary N) is 1. The molecule has 2 heterocycles. The van der Waals surface area contributed by atoms with Gasteiger partial charge in [-0.2, -0.15) is 4.99 Å². The van der Waals surface area contributed by atoms with Gasteiger partial charge in [-0.1, -0.05) is 0 Å². The van der Waals surface area contributed by atoms with E-state index in [0.29, 0.717) is 29.9 Å². The zero-order chi connectivity index (χ0) is 22.2. The Labute approximate surface area is 183 Å². The van der Waals surface area contributed by atoms with Gasteiger partial charge in [-0.3, -0.25) is 14.6 Å². The highest BCUT2D eigenvalue weighted by molar-refractivity contribution is 7.07. The Morgan fingerprint density at radius 1 is 1.23 bits per heavy atom. The van der Waals surface area contributed by atoms with Crippen molar-refractivity contribution in [3.8, 4) is 17.0 Å². The van der Waals surface area contributed by atoms with Crippen LogP contribution in [-0.2, 0) is 16.1 Å². The molecule has 2 amide bonds. The fourth-order valence-corrected chi connectivity index (χ4v) is 3.82. The Morgan fingerprint density at radius 3 is 2.68 bits per heavy atom. The standard InChI is InChI=1S/C22H24N4O4S/c1-15-4-5-17(12-24-15)21(29)25-22-26(11-3-10-23-20(28)13-30-2)19(14-31-22)16-6-8-18(27)9-7-16/h4-9,12,14,27H,3,10-11,13H2,1-2H3,(H,23,28). The number of pyridine rings is 1. The van der Waals surface area contributed by atoms with Gasteiger partial charge in [0.1, 0.15) is 12.4 Å². The molecule has 0 atom stereocenters. The van der Waals surface area contributed by atoms with Crippen LogP contribution in [0.4, 0.5) is 0 Å². The molecular weight excluding hydrogens is 416 g/mol. The van der Waals surface area contributed by atoms with Crippen LogP contribution < -0.4 is 10.1 Å². The van der Waals surface area contributed by atoms with Crippen LogP contribution in [0.3, 0.4) is 0 Å². The van der Waals surface area contributed by atoms with Crippen LogP contribution in [-0.4, -0.2) is 46.7 Å². The first-order valence-corrected chi connectivity index (χ1v) is 10.6. The topological polar surface area (TPSA) is 106 Å². The molecule has 31 heavy (non-hydrogen) atoms. The molecule has 3 aromatic rings. The number of phenols is 1. The molecule has 0 saturated heterocycles. The molecule has 0 aliphatic carbocycles. The van der Waals surface area contributed by atoms with Crippen LogP contribution in [0.2, 0.25) is 0 Å². The van der Waals surface area contributed by atoms with Crippen molar-refractivity contribution in [1.29, 1.82) is 0 Å². The van der Waals surface area contributed by atoms with Gasteiger partial charge in [-0.05, 0) is 55.3 Å². The van der Waals surface area contributed by atoms with E-state index < -0.39 is 0 Å². The Morgan fingerprint density at radius 2 is 2.00 bits per heavy atom. The Balaban J connectivity index is 1.87. The van der Waals surface area contributed by atoms with Crippen molar-refractivity contribution in [2.75, 3.05) is 20.3 Å². The summed E-state index contributed by atoms with van der Waals surface area (Å²) >= 11 is 1.36. The molecule has 0 spiro atoms. The van der Waals surface area contributed by atoms with Gasteiger partial charge in [0.15, 0.2) is 4.80 Å². The molecule has 1 aromatic carbocycles. The molecule has 8 nitrogen and oxygen atoms in total. The maximum atomic E-state index is 12.6. The van der Waals surface area contributed by atoms with E-state index >= 15 is 0 Å². The van der Waals surface area contributed by atoms with Gasteiger partial charge in [-0.25, -0.2) is 0 Å². The number of methoxy groups -OCH3 is 1. The molecule has 2 aromatic heterocycles. The number of benzene rings is 1. The Bertz CT molecular complexity index is 1100. The summed E-state index contributed by atoms with van der Waals surface area (Å²) in [6.45, 7) is 2.89. The van der Waals surface area contributed by atoms with Gasteiger partial charge in [0, 0.05) is 37.5 Å². The summed E-state index contributed by atoms with van der Waals surface area (Å²) in [5, 5.41) is 14.3. The number of aromatic nitrogens is 2. The second-order valence-corrected chi connectivity index (χ2v) is 7.68. The summed E-state index contributed by atoms with van der Waals surface area (Å²) in [6, 6.07) is 10.3. The van der Waals surface area contributed by atoms with E-state index in [-0.39, 0.29) is 24.2 Å². The monoisotopic (exact) mass is 440 g/mol. The van der Waals surface area contributed by atoms with E-state index in [4.69, 9.17) is 4.74 Å². The van der Waals surface area contributed by atoms with Gasteiger partial charge < -0.3 is 19.7 Å². The molecular formula is C22H24N4O4S. The summed E-state index contributed by atoms with van der Waals surface area (Å²) in [4.78, 5) is 33.2. The number of carbonyl (C=O) groups excluding carboxylic acids is 2. The van der Waals surface area contributed by atoms with E-state index in [1.165, 1.54) is 24.6 Å². The first-order chi connectivity index (χ1) is 15.0. The molecule has 0 fully saturated rings. The number of nitrogens with zero attached hydrogens (tertiary/aromatic N) is 3. The molecule has 0 saturated carbocycles. The quantitative estimate of drug-likeness (QED) is 0.524. The van der Waals surface area contributed by atoms with Crippen molar-refractivity contribution in [3.05, 3.63) is 64.0 Å². The number of rotatable bonds is 8. The summed E-state index contributed by atoms with van der Waals surface area (Å²) in [7, 11) is 1.47. The van der Waals surface area contributed by atoms with Gasteiger partial charge >= 0.3 is 0 Å². The van der Waals surface area contributed by atoms with Crippen molar-refractivity contribution < 1.29 is 19.4 Å². The highest BCUT2D eigenvalue weighted by Crippen LogP contribution is 2.23. The summed E-state index contributed by atoms with van der Waals surface area (Å²) < 4.78 is 6.76. The van der Waals surface area contributed by atoms with E-state index in [1.54, 1.807) is 24.3 Å². The molecule has 2 N–H and O–H groups in total. The summed E-state index contributed by atoms with van der Waals surface area (Å²) in [5.41, 5.74) is 3.02. The van der Waals surface area contributed by atoms with E-state index in [1.807, 2.05) is 29.0 Å². The predicted octanol–water partition coefficient (Wildman–Crippen LogP) is 2.52. The molecule has 0 aliphatic heterocycles. The third-order valence-corrected chi connectivity index (χ3v) is 5.34. The van der Waals surface area contributed by atoms with Crippen LogP contribution >= 0.6 is 11.3 Å². The first kappa shape index (κ1) is 22.4. The fraction of sp³-hybridized carbons (Fsp3) is 0.273. The minimum absolute atomic E-state index is 0.0179. The highest BCUT2D eigenvalue weighted by atomic mass is 32.1. The largest absolute Gasteiger partial charge is 0.508 e. The van der Waals surface area contributed by atoms with Crippen LogP contribution in [0.15, 0.2) is 53.0 Å². The average molecular weight is 441 g/mol. The second kappa shape index (κ2) is 10.6. The number of hydrogen-bond donors (Lipinski definition) is 2. The number of carbonyl (C=O) groups is 2. The first-order valence-electron chi connectivity index (χ1n) is 9.73. The van der Waals surface area contributed by atoms with Crippen LogP contribution in [0, 0.1) is 6.92 Å². The van der Waals surface area contributed by atoms with Crippen LogP contribution in [0.1, 0.15) is 22.5 Å². The van der Waals surface area contributed by atoms with Gasteiger partial charge in [-0.15, -0.1) is 11.3 Å². The van der Waals surface area contributed by atoms with Crippen molar-refractivity contribution in [2.24, 2.45) is 4.99 Å². The second-order valence-electron chi connectivity index (χ2n) is 6.84. The van der Waals surface area contributed by atoms with Crippen molar-refractivity contribution in [1.82, 2.24) is 14.9 Å². The third-order valence-electron chi connectivity index (χ3n) is 4.47. The van der Waals surface area contributed by atoms with Gasteiger partial charge in [0.25, 0.3) is 5.91 Å². The minimum Gasteiger partial charge on any atom is -0.508 e. The number of hydrogen-bond acceptors (Lipinski definition) is 6. The molecule has 3 rings (SSSR count). The smallest absolute Gasteiger partial charge is 0.281 e. The lowest BCUT2D eigenvalue weighted by molar-refractivity contribution is -0.124. The minimum atomic E-state index is -0.367. The number of thiazole rings is 1. The lowest BCUT2D eigenvalue weighted by atomic mass is 10.1. The van der Waals surface area contributed by atoms with E-state index in [9.17, 15) is 14.7 Å². The van der Waals surface area contributed by atoms with E-state index in [2.05, 4.69) is 15.3 Å². The number of phenolic OH excluding ortho intramolecular Hbond substituents is 1. The molecule has 0 bridgehead atoms. The fourth-order valence-electron chi connectivity index (χ4n) is 2.89. The number of ether oxygens (including phenoxy) is 1. The molecule has 0 aliphatic rings. The molecule has 0 radical (unpaired) electrons. The van der Waals surface area contributed by atoms with E-state index in [0.717, 1.165) is 17.0 Å². The van der Waals surface area contributed by atoms with Gasteiger partial charge in [0.05, 0.1) is 11.3 Å². The molecule has 9 heteroatoms. The van der Waals surface area contributed by atoms with Crippen molar-refractivity contribution >= 4 is 23.2 Å². The zero-order valence-electron chi connectivity index (χ0n) is 17.4. The third kappa shape index (κ3) is 6.09. The normalized spacial score (nSPS) is 11.5. The predicted molar refractivity (Wildman–Crippen MR) is 118 cm³/mol. The summed E-state index contributed by atoms with van der Waals surface area (Å²) in [6.07, 6.45) is 2.16. The maximum Gasteiger partial charge on any atom is 0.281 e. The lowest BCUT2D eigenvalue weighted by Crippen LogP contribution is -2.29. The van der Waals surface area contributed by atoms with Gasteiger partial charge in [0.2, 0.25) is 5.91 Å². The number of aromatic hydroxyl groups is 1. The maximum absolute atomic E-state index is 12.6. The Kier molecular flexibility index (Phi) is 7.69.